The van der Waals surface area contributed by atoms with Gasteiger partial charge in [-0.2, -0.15) is 5.10 Å². The van der Waals surface area contributed by atoms with Gasteiger partial charge in [0, 0.05) is 30.4 Å². The lowest BCUT2D eigenvalue weighted by molar-refractivity contribution is 0.0955. The number of rotatable bonds is 6. The molecule has 27 heavy (non-hydrogen) atoms. The van der Waals surface area contributed by atoms with Gasteiger partial charge in [-0.15, -0.1) is 0 Å². The summed E-state index contributed by atoms with van der Waals surface area (Å²) >= 11 is 0. The lowest BCUT2D eigenvalue weighted by Crippen LogP contribution is -2.29. The molecule has 0 unspecified atom stereocenters. The number of aromatic nitrogens is 4. The zero-order valence-electron chi connectivity index (χ0n) is 16.1. The molecular formula is C20H24N6O. The van der Waals surface area contributed by atoms with Crippen LogP contribution in [-0.2, 0) is 0 Å². The third-order valence-corrected chi connectivity index (χ3v) is 4.37. The predicted molar refractivity (Wildman–Crippen MR) is 105 cm³/mol. The highest BCUT2D eigenvalue weighted by Gasteiger charge is 2.08. The van der Waals surface area contributed by atoms with Gasteiger partial charge in [0.1, 0.15) is 12.1 Å². The molecule has 7 heteroatoms. The van der Waals surface area contributed by atoms with Crippen molar-refractivity contribution in [3.05, 3.63) is 64.7 Å². The fraction of sp³-hybridized carbons (Fsp3) is 0.300. The average Bonchev–Trinajstić information content (AvgIpc) is 2.99. The summed E-state index contributed by atoms with van der Waals surface area (Å²) in [5.74, 6) is 1.32. The van der Waals surface area contributed by atoms with E-state index in [4.69, 9.17) is 0 Å². The highest BCUT2D eigenvalue weighted by atomic mass is 16.1. The SMILES string of the molecule is Cc1cc(C)n(-c2cc(NCCNC(=O)c3ccc(C)c(C)c3)ncn2)n1. The zero-order valence-corrected chi connectivity index (χ0v) is 16.1. The van der Waals surface area contributed by atoms with Gasteiger partial charge in [0.2, 0.25) is 0 Å². The maximum absolute atomic E-state index is 12.2. The Kier molecular flexibility index (Phi) is 5.49. The molecule has 0 atom stereocenters. The quantitative estimate of drug-likeness (QED) is 0.657. The van der Waals surface area contributed by atoms with Gasteiger partial charge in [-0.25, -0.2) is 14.6 Å². The van der Waals surface area contributed by atoms with E-state index in [-0.39, 0.29) is 5.91 Å². The predicted octanol–water partition coefficient (Wildman–Crippen LogP) is 2.74. The molecular weight excluding hydrogens is 340 g/mol. The van der Waals surface area contributed by atoms with E-state index in [1.165, 1.54) is 11.9 Å². The van der Waals surface area contributed by atoms with Crippen molar-refractivity contribution in [3.63, 3.8) is 0 Å². The van der Waals surface area contributed by atoms with Crippen LogP contribution in [0.5, 0.6) is 0 Å². The van der Waals surface area contributed by atoms with Crippen LogP contribution < -0.4 is 10.6 Å². The monoisotopic (exact) mass is 364 g/mol. The van der Waals surface area contributed by atoms with Gasteiger partial charge in [-0.1, -0.05) is 6.07 Å². The second-order valence-electron chi connectivity index (χ2n) is 6.58. The third kappa shape index (κ3) is 4.49. The number of benzene rings is 1. The molecule has 7 nitrogen and oxygen atoms in total. The summed E-state index contributed by atoms with van der Waals surface area (Å²) in [7, 11) is 0. The molecule has 3 aromatic rings. The number of amides is 1. The maximum Gasteiger partial charge on any atom is 0.251 e. The molecule has 1 amide bonds. The Labute approximate surface area is 158 Å². The van der Waals surface area contributed by atoms with E-state index in [2.05, 4.69) is 25.7 Å². The van der Waals surface area contributed by atoms with Crippen molar-refractivity contribution in [1.29, 1.82) is 0 Å². The second kappa shape index (κ2) is 7.99. The average molecular weight is 364 g/mol. The van der Waals surface area contributed by atoms with Crippen LogP contribution in [0.1, 0.15) is 32.9 Å². The molecule has 0 saturated carbocycles. The standard InChI is InChI=1S/C20H24N6O/c1-13-5-6-17(9-14(13)2)20(27)22-8-7-21-18-11-19(24-12-23-18)26-16(4)10-15(3)25-26/h5-6,9-12H,7-8H2,1-4H3,(H,22,27)(H,21,23,24). The van der Waals surface area contributed by atoms with E-state index < -0.39 is 0 Å². The zero-order chi connectivity index (χ0) is 19.4. The number of hydrogen-bond acceptors (Lipinski definition) is 5. The molecule has 0 saturated heterocycles. The van der Waals surface area contributed by atoms with Crippen molar-refractivity contribution in [2.45, 2.75) is 27.7 Å². The molecule has 0 spiro atoms. The summed E-state index contributed by atoms with van der Waals surface area (Å²) in [5, 5.41) is 10.5. The lowest BCUT2D eigenvalue weighted by Gasteiger charge is -2.10. The summed E-state index contributed by atoms with van der Waals surface area (Å²) in [6.45, 7) is 9.01. The van der Waals surface area contributed by atoms with Crippen molar-refractivity contribution < 1.29 is 4.79 Å². The third-order valence-electron chi connectivity index (χ3n) is 4.37. The Morgan fingerprint density at radius 1 is 1.00 bits per heavy atom. The fourth-order valence-electron chi connectivity index (χ4n) is 2.77. The van der Waals surface area contributed by atoms with Crippen molar-refractivity contribution in [3.8, 4) is 5.82 Å². The molecule has 1 aromatic carbocycles. The van der Waals surface area contributed by atoms with E-state index in [0.717, 1.165) is 17.0 Å². The molecule has 0 radical (unpaired) electrons. The number of hydrogen-bond donors (Lipinski definition) is 2. The number of nitrogens with zero attached hydrogens (tertiary/aromatic N) is 4. The van der Waals surface area contributed by atoms with Crippen LogP contribution in [0.4, 0.5) is 5.82 Å². The molecule has 2 heterocycles. The van der Waals surface area contributed by atoms with Crippen LogP contribution in [0.25, 0.3) is 5.82 Å². The van der Waals surface area contributed by atoms with Crippen molar-refractivity contribution in [1.82, 2.24) is 25.1 Å². The van der Waals surface area contributed by atoms with Crippen LogP contribution in [0.3, 0.4) is 0 Å². The van der Waals surface area contributed by atoms with Gasteiger partial charge in [0.15, 0.2) is 5.82 Å². The Balaban J connectivity index is 1.55. The summed E-state index contributed by atoms with van der Waals surface area (Å²) in [6, 6.07) is 9.55. The minimum atomic E-state index is -0.0779. The number of aryl methyl sites for hydroxylation is 4. The van der Waals surface area contributed by atoms with Gasteiger partial charge in [0.25, 0.3) is 5.91 Å². The van der Waals surface area contributed by atoms with Crippen molar-refractivity contribution in [2.24, 2.45) is 0 Å². The number of anilines is 1. The molecule has 0 fully saturated rings. The minimum absolute atomic E-state index is 0.0779. The minimum Gasteiger partial charge on any atom is -0.368 e. The number of carbonyl (C=O) groups excluding carboxylic acids is 1. The van der Waals surface area contributed by atoms with Crippen LogP contribution in [0.2, 0.25) is 0 Å². The second-order valence-corrected chi connectivity index (χ2v) is 6.58. The van der Waals surface area contributed by atoms with Crippen LogP contribution >= 0.6 is 0 Å². The summed E-state index contributed by atoms with van der Waals surface area (Å²) < 4.78 is 1.78. The van der Waals surface area contributed by atoms with E-state index in [1.807, 2.05) is 58.0 Å². The first-order valence-electron chi connectivity index (χ1n) is 8.89. The number of carbonyl (C=O) groups is 1. The van der Waals surface area contributed by atoms with Gasteiger partial charge < -0.3 is 10.6 Å². The molecule has 140 valence electrons. The Bertz CT molecular complexity index is 963. The summed E-state index contributed by atoms with van der Waals surface area (Å²) in [5.41, 5.74) is 4.91. The normalized spacial score (nSPS) is 10.7. The van der Waals surface area contributed by atoms with Gasteiger partial charge in [-0.3, -0.25) is 4.79 Å². The Hall–Kier alpha value is -3.22. The van der Waals surface area contributed by atoms with E-state index >= 15 is 0 Å². The molecule has 0 aliphatic heterocycles. The fourth-order valence-corrected chi connectivity index (χ4v) is 2.77. The summed E-state index contributed by atoms with van der Waals surface area (Å²) in [4.78, 5) is 20.7. The van der Waals surface area contributed by atoms with Gasteiger partial charge >= 0.3 is 0 Å². The molecule has 0 aliphatic carbocycles. The van der Waals surface area contributed by atoms with Gasteiger partial charge in [0.05, 0.1) is 5.69 Å². The molecule has 3 rings (SSSR count). The van der Waals surface area contributed by atoms with Gasteiger partial charge in [-0.05, 0) is 57.0 Å². The summed E-state index contributed by atoms with van der Waals surface area (Å²) in [6.07, 6.45) is 1.50. The van der Waals surface area contributed by atoms with Crippen LogP contribution in [0.15, 0.2) is 36.7 Å². The smallest absolute Gasteiger partial charge is 0.251 e. The molecule has 0 aliphatic rings. The van der Waals surface area contributed by atoms with Crippen molar-refractivity contribution in [2.75, 3.05) is 18.4 Å². The van der Waals surface area contributed by atoms with Crippen LogP contribution in [0, 0.1) is 27.7 Å². The first kappa shape index (κ1) is 18.6. The first-order valence-corrected chi connectivity index (χ1v) is 8.89. The van der Waals surface area contributed by atoms with Crippen LogP contribution in [-0.4, -0.2) is 38.7 Å². The molecule has 2 aromatic heterocycles. The van der Waals surface area contributed by atoms with E-state index in [0.29, 0.717) is 30.3 Å². The first-order chi connectivity index (χ1) is 12.9. The van der Waals surface area contributed by atoms with E-state index in [1.54, 1.807) is 4.68 Å². The molecule has 2 N–H and O–H groups in total. The Morgan fingerprint density at radius 2 is 1.81 bits per heavy atom. The Morgan fingerprint density at radius 3 is 2.52 bits per heavy atom. The molecule has 0 bridgehead atoms. The van der Waals surface area contributed by atoms with Crippen molar-refractivity contribution >= 4 is 11.7 Å². The van der Waals surface area contributed by atoms with E-state index in [9.17, 15) is 4.79 Å². The maximum atomic E-state index is 12.2. The lowest BCUT2D eigenvalue weighted by atomic mass is 10.1. The number of nitrogens with one attached hydrogen (secondary N) is 2. The topological polar surface area (TPSA) is 84.7 Å². The highest BCUT2D eigenvalue weighted by molar-refractivity contribution is 5.94. The largest absolute Gasteiger partial charge is 0.368 e. The highest BCUT2D eigenvalue weighted by Crippen LogP contribution is 2.12.